The molecule has 0 spiro atoms. The highest BCUT2D eigenvalue weighted by Crippen LogP contribution is 2.07. The molecule has 2 aromatic carbocycles. The van der Waals surface area contributed by atoms with Gasteiger partial charge in [-0.1, -0.05) is 60.7 Å². The average Bonchev–Trinajstić information content (AvgIpc) is 2.40. The third kappa shape index (κ3) is 5.06. The number of hydrogen-bond acceptors (Lipinski definition) is 0. The maximum atomic E-state index is 2.25. The van der Waals surface area contributed by atoms with Crippen LogP contribution in [0.4, 0.5) is 0 Å². The third-order valence-electron chi connectivity index (χ3n) is 3.47. The summed E-state index contributed by atoms with van der Waals surface area (Å²) >= 11 is 0. The van der Waals surface area contributed by atoms with Crippen LogP contribution in [0.3, 0.4) is 0 Å². The van der Waals surface area contributed by atoms with Crippen LogP contribution in [0.1, 0.15) is 11.1 Å². The van der Waals surface area contributed by atoms with Crippen LogP contribution in [0.5, 0.6) is 0 Å². The van der Waals surface area contributed by atoms with Crippen molar-refractivity contribution in [3.05, 3.63) is 71.8 Å². The Labute approximate surface area is 122 Å². The molecule has 2 heteroatoms. The zero-order chi connectivity index (χ0) is 12.8. The molecule has 0 unspecified atom stereocenters. The first-order chi connectivity index (χ1) is 8.75. The highest BCUT2D eigenvalue weighted by molar-refractivity contribution is 5.18. The van der Waals surface area contributed by atoms with E-state index in [0.29, 0.717) is 6.04 Å². The van der Waals surface area contributed by atoms with E-state index in [4.69, 9.17) is 0 Å². The number of quaternary nitrogens is 1. The van der Waals surface area contributed by atoms with E-state index < -0.39 is 0 Å². The molecule has 1 N–H and O–H groups in total. The van der Waals surface area contributed by atoms with Gasteiger partial charge in [-0.3, -0.25) is 0 Å². The molecule has 0 saturated heterocycles. The lowest BCUT2D eigenvalue weighted by Gasteiger charge is -2.21. The number of hydrogen-bond donors (Lipinski definition) is 1. The molecule has 0 saturated carbocycles. The van der Waals surface area contributed by atoms with Gasteiger partial charge in [0, 0.05) is 12.8 Å². The summed E-state index contributed by atoms with van der Waals surface area (Å²) < 4.78 is 0. The van der Waals surface area contributed by atoms with E-state index in [9.17, 15) is 0 Å². The minimum Gasteiger partial charge on any atom is -1.00 e. The molecule has 0 atom stereocenters. The Morgan fingerprint density at radius 1 is 0.737 bits per heavy atom. The molecule has 0 aliphatic carbocycles. The molecule has 0 bridgehead atoms. The Morgan fingerprint density at radius 3 is 1.42 bits per heavy atom. The fraction of sp³-hybridized carbons (Fsp3) is 0.294. The molecule has 0 amide bonds. The normalized spacial score (nSPS) is 10.5. The van der Waals surface area contributed by atoms with Crippen LogP contribution in [0.2, 0.25) is 0 Å². The summed E-state index contributed by atoms with van der Waals surface area (Å²) in [4.78, 5) is 1.52. The predicted octanol–water partition coefficient (Wildman–Crippen LogP) is -1.01. The van der Waals surface area contributed by atoms with Gasteiger partial charge in [0.2, 0.25) is 0 Å². The van der Waals surface area contributed by atoms with Gasteiger partial charge in [-0.25, -0.2) is 0 Å². The first-order valence-electron chi connectivity index (χ1n) is 6.63. The number of nitrogens with one attached hydrogen (secondary N) is 1. The molecule has 0 fully saturated rings. The van der Waals surface area contributed by atoms with Crippen LogP contribution >= 0.6 is 0 Å². The Hall–Kier alpha value is -1.31. The van der Waals surface area contributed by atoms with Crippen LogP contribution < -0.4 is 17.3 Å². The minimum absolute atomic E-state index is 0. The molecule has 1 nitrogen and oxygen atoms in total. The summed E-state index contributed by atoms with van der Waals surface area (Å²) in [5.41, 5.74) is 2.86. The fourth-order valence-corrected chi connectivity index (χ4v) is 2.28. The largest absolute Gasteiger partial charge is 1.00 e. The van der Waals surface area contributed by atoms with Crippen molar-refractivity contribution in [2.45, 2.75) is 18.9 Å². The van der Waals surface area contributed by atoms with Gasteiger partial charge >= 0.3 is 0 Å². The van der Waals surface area contributed by atoms with Crippen molar-refractivity contribution < 1.29 is 17.3 Å². The van der Waals surface area contributed by atoms with Gasteiger partial charge in [0.25, 0.3) is 0 Å². The van der Waals surface area contributed by atoms with E-state index in [1.165, 1.54) is 16.0 Å². The van der Waals surface area contributed by atoms with E-state index in [2.05, 4.69) is 74.8 Å². The van der Waals surface area contributed by atoms with Crippen LogP contribution in [-0.2, 0) is 12.8 Å². The van der Waals surface area contributed by atoms with E-state index in [1.807, 2.05) is 0 Å². The number of halogens is 1. The van der Waals surface area contributed by atoms with Crippen molar-refractivity contribution in [1.82, 2.24) is 0 Å². The second kappa shape index (κ2) is 7.98. The van der Waals surface area contributed by atoms with Gasteiger partial charge in [0.1, 0.15) is 0 Å². The van der Waals surface area contributed by atoms with E-state index in [0.717, 1.165) is 12.8 Å². The summed E-state index contributed by atoms with van der Waals surface area (Å²) in [6, 6.07) is 22.2. The van der Waals surface area contributed by atoms with Gasteiger partial charge in [-0.2, -0.15) is 0 Å². The highest BCUT2D eigenvalue weighted by atomic mass is 35.5. The van der Waals surface area contributed by atoms with E-state index in [1.54, 1.807) is 0 Å². The van der Waals surface area contributed by atoms with Gasteiger partial charge in [0.15, 0.2) is 0 Å². The lowest BCUT2D eigenvalue weighted by molar-refractivity contribution is -0.885. The van der Waals surface area contributed by atoms with Crippen molar-refractivity contribution in [3.8, 4) is 0 Å². The second-order valence-corrected chi connectivity index (χ2v) is 5.15. The Morgan fingerprint density at radius 2 is 1.11 bits per heavy atom. The lowest BCUT2D eigenvalue weighted by Crippen LogP contribution is -3.10. The topological polar surface area (TPSA) is 4.44 Å². The summed E-state index contributed by atoms with van der Waals surface area (Å²) in [5, 5.41) is 0. The summed E-state index contributed by atoms with van der Waals surface area (Å²) in [6.45, 7) is 0. The molecule has 0 aromatic heterocycles. The van der Waals surface area contributed by atoms with Crippen LogP contribution in [0.15, 0.2) is 60.7 Å². The van der Waals surface area contributed by atoms with Crippen LogP contribution in [0.25, 0.3) is 0 Å². The van der Waals surface area contributed by atoms with Gasteiger partial charge < -0.3 is 17.3 Å². The maximum Gasteiger partial charge on any atom is 0.0952 e. The van der Waals surface area contributed by atoms with Gasteiger partial charge in [0.05, 0.1) is 20.1 Å². The quantitative estimate of drug-likeness (QED) is 0.713. The van der Waals surface area contributed by atoms with Crippen molar-refractivity contribution in [1.29, 1.82) is 0 Å². The van der Waals surface area contributed by atoms with Crippen LogP contribution in [0, 0.1) is 0 Å². The first-order valence-corrected chi connectivity index (χ1v) is 6.63. The zero-order valence-corrected chi connectivity index (χ0v) is 12.4. The maximum absolute atomic E-state index is 2.25. The van der Waals surface area contributed by atoms with Gasteiger partial charge in [-0.15, -0.1) is 0 Å². The van der Waals surface area contributed by atoms with Gasteiger partial charge in [-0.05, 0) is 11.1 Å². The first kappa shape index (κ1) is 15.7. The van der Waals surface area contributed by atoms with Crippen molar-refractivity contribution in [3.63, 3.8) is 0 Å². The van der Waals surface area contributed by atoms with Crippen molar-refractivity contribution in [2.24, 2.45) is 0 Å². The SMILES string of the molecule is C[NH+](C)C(Cc1ccccc1)Cc1ccccc1.[Cl-]. The molecule has 0 aliphatic rings. The zero-order valence-electron chi connectivity index (χ0n) is 11.6. The molecule has 102 valence electrons. The Bertz CT molecular complexity index is 412. The number of benzene rings is 2. The fourth-order valence-electron chi connectivity index (χ4n) is 2.28. The molecular weight excluding hydrogens is 254 g/mol. The standard InChI is InChI=1S/C17H21N.ClH/c1-18(2)17(13-15-9-5-3-6-10-15)14-16-11-7-4-8-12-16;/h3-12,17H,13-14H2,1-2H3;1H. The van der Waals surface area contributed by atoms with E-state index in [-0.39, 0.29) is 12.4 Å². The Kier molecular flexibility index (Phi) is 6.61. The highest BCUT2D eigenvalue weighted by Gasteiger charge is 2.16. The smallest absolute Gasteiger partial charge is 0.0952 e. The van der Waals surface area contributed by atoms with Crippen molar-refractivity contribution >= 4 is 0 Å². The molecule has 2 rings (SSSR count). The molecule has 2 aromatic rings. The molecule has 0 heterocycles. The molecular formula is C17H22ClN. The molecule has 19 heavy (non-hydrogen) atoms. The summed E-state index contributed by atoms with van der Waals surface area (Å²) in [7, 11) is 4.49. The lowest BCUT2D eigenvalue weighted by atomic mass is 9.98. The molecule has 0 aliphatic heterocycles. The monoisotopic (exact) mass is 275 g/mol. The third-order valence-corrected chi connectivity index (χ3v) is 3.47. The second-order valence-electron chi connectivity index (χ2n) is 5.15. The average molecular weight is 276 g/mol. The minimum atomic E-state index is 0. The summed E-state index contributed by atoms with van der Waals surface area (Å²) in [5.74, 6) is 0. The Balaban J connectivity index is 0.00000180. The van der Waals surface area contributed by atoms with E-state index >= 15 is 0 Å². The number of likely N-dealkylation sites (N-methyl/N-ethyl adjacent to an activating group) is 1. The predicted molar refractivity (Wildman–Crippen MR) is 76.9 cm³/mol. The number of rotatable bonds is 5. The molecule has 0 radical (unpaired) electrons. The van der Waals surface area contributed by atoms with Crippen molar-refractivity contribution in [2.75, 3.05) is 14.1 Å². The summed E-state index contributed by atoms with van der Waals surface area (Å²) in [6.07, 6.45) is 2.27. The van der Waals surface area contributed by atoms with Crippen LogP contribution in [-0.4, -0.2) is 20.1 Å².